The van der Waals surface area contributed by atoms with Crippen molar-refractivity contribution in [1.29, 1.82) is 0 Å². The lowest BCUT2D eigenvalue weighted by Crippen LogP contribution is -2.29. The summed E-state index contributed by atoms with van der Waals surface area (Å²) in [5.41, 5.74) is 1.80. The van der Waals surface area contributed by atoms with Gasteiger partial charge < -0.3 is 9.84 Å². The summed E-state index contributed by atoms with van der Waals surface area (Å²) in [4.78, 5) is 0. The number of rotatable bonds is 5. The third-order valence-corrected chi connectivity index (χ3v) is 3.30. The van der Waals surface area contributed by atoms with Crippen molar-refractivity contribution in [2.45, 2.75) is 45.3 Å². The second-order valence-electron chi connectivity index (χ2n) is 5.12. The number of aryl methyl sites for hydroxylation is 1. The molecule has 17 heavy (non-hydrogen) atoms. The molecular formula is C14H21ClO2. The topological polar surface area (TPSA) is 29.5 Å². The molecule has 0 aliphatic heterocycles. The van der Waals surface area contributed by atoms with Gasteiger partial charge in [-0.1, -0.05) is 23.7 Å². The molecule has 1 unspecified atom stereocenters. The minimum Gasteiger partial charge on any atom is -0.393 e. The molecule has 0 fully saturated rings. The van der Waals surface area contributed by atoms with Gasteiger partial charge in [-0.05, 0) is 44.4 Å². The van der Waals surface area contributed by atoms with E-state index in [1.54, 1.807) is 7.11 Å². The molecule has 1 aromatic rings. The summed E-state index contributed by atoms with van der Waals surface area (Å²) < 4.78 is 5.30. The summed E-state index contributed by atoms with van der Waals surface area (Å²) in [6.07, 6.45) is 0.713. The van der Waals surface area contributed by atoms with E-state index < -0.39 is 6.10 Å². The predicted molar refractivity (Wildman–Crippen MR) is 71.6 cm³/mol. The van der Waals surface area contributed by atoms with Gasteiger partial charge in [-0.2, -0.15) is 0 Å². The van der Waals surface area contributed by atoms with Crippen LogP contribution in [0.25, 0.3) is 0 Å². The molecule has 0 saturated heterocycles. The zero-order valence-corrected chi connectivity index (χ0v) is 11.7. The smallest absolute Gasteiger partial charge is 0.0647 e. The summed E-state index contributed by atoms with van der Waals surface area (Å²) in [7, 11) is 1.66. The van der Waals surface area contributed by atoms with Gasteiger partial charge in [-0.15, -0.1) is 0 Å². The predicted octanol–water partition coefficient (Wildman–Crippen LogP) is 3.37. The average molecular weight is 257 g/mol. The van der Waals surface area contributed by atoms with E-state index in [9.17, 15) is 5.11 Å². The van der Waals surface area contributed by atoms with Gasteiger partial charge in [0, 0.05) is 18.6 Å². The molecule has 1 N–H and O–H groups in total. The second-order valence-corrected chi connectivity index (χ2v) is 5.53. The molecule has 0 aliphatic carbocycles. The van der Waals surface area contributed by atoms with E-state index >= 15 is 0 Å². The van der Waals surface area contributed by atoms with E-state index in [1.807, 2.05) is 39.0 Å². The highest BCUT2D eigenvalue weighted by atomic mass is 35.5. The molecule has 0 radical (unpaired) electrons. The average Bonchev–Trinajstić information content (AvgIpc) is 2.21. The number of methoxy groups -OCH3 is 1. The highest BCUT2D eigenvalue weighted by molar-refractivity contribution is 6.31. The SMILES string of the molecule is COC(C)(C)CC(O)Cc1ccc(C)cc1Cl. The first-order valence-corrected chi connectivity index (χ1v) is 6.20. The highest BCUT2D eigenvalue weighted by Gasteiger charge is 2.22. The minimum atomic E-state index is -0.440. The van der Waals surface area contributed by atoms with Crippen LogP contribution in [0.5, 0.6) is 0 Å². The van der Waals surface area contributed by atoms with Crippen molar-refractivity contribution in [1.82, 2.24) is 0 Å². The lowest BCUT2D eigenvalue weighted by atomic mass is 9.96. The number of benzene rings is 1. The molecule has 0 heterocycles. The molecule has 0 spiro atoms. The summed E-state index contributed by atoms with van der Waals surface area (Å²) in [6.45, 7) is 5.93. The van der Waals surface area contributed by atoms with Crippen LogP contribution in [0.4, 0.5) is 0 Å². The Morgan fingerprint density at radius 1 is 1.41 bits per heavy atom. The lowest BCUT2D eigenvalue weighted by Gasteiger charge is -2.26. The van der Waals surface area contributed by atoms with Crippen molar-refractivity contribution in [2.24, 2.45) is 0 Å². The second kappa shape index (κ2) is 5.85. The fraction of sp³-hybridized carbons (Fsp3) is 0.571. The van der Waals surface area contributed by atoms with Crippen LogP contribution in [0, 0.1) is 6.92 Å². The molecule has 1 aromatic carbocycles. The highest BCUT2D eigenvalue weighted by Crippen LogP contribution is 2.22. The van der Waals surface area contributed by atoms with E-state index in [-0.39, 0.29) is 5.60 Å². The molecule has 2 nitrogen and oxygen atoms in total. The summed E-state index contributed by atoms with van der Waals surface area (Å²) in [6, 6.07) is 5.90. The van der Waals surface area contributed by atoms with Crippen molar-refractivity contribution < 1.29 is 9.84 Å². The Hall–Kier alpha value is -0.570. The Kier molecular flexibility index (Phi) is 4.99. The molecule has 96 valence electrons. The molecule has 0 aromatic heterocycles. The van der Waals surface area contributed by atoms with Crippen LogP contribution in [0.2, 0.25) is 5.02 Å². The van der Waals surface area contributed by atoms with E-state index in [0.29, 0.717) is 12.8 Å². The van der Waals surface area contributed by atoms with E-state index in [4.69, 9.17) is 16.3 Å². The van der Waals surface area contributed by atoms with Crippen molar-refractivity contribution >= 4 is 11.6 Å². The first kappa shape index (κ1) is 14.5. The summed E-state index contributed by atoms with van der Waals surface area (Å²) >= 11 is 6.14. The van der Waals surface area contributed by atoms with Crippen LogP contribution in [0.15, 0.2) is 18.2 Å². The molecule has 1 rings (SSSR count). The number of halogens is 1. The van der Waals surface area contributed by atoms with Gasteiger partial charge in [0.25, 0.3) is 0 Å². The van der Waals surface area contributed by atoms with E-state index in [2.05, 4.69) is 0 Å². The Morgan fingerprint density at radius 2 is 2.06 bits per heavy atom. The van der Waals surface area contributed by atoms with Crippen LogP contribution in [0.1, 0.15) is 31.4 Å². The lowest BCUT2D eigenvalue weighted by molar-refractivity contribution is -0.0190. The van der Waals surface area contributed by atoms with Gasteiger partial charge in [0.2, 0.25) is 0 Å². The minimum absolute atomic E-state index is 0.309. The van der Waals surface area contributed by atoms with Crippen LogP contribution in [-0.4, -0.2) is 23.9 Å². The molecule has 0 aliphatic rings. The first-order valence-electron chi connectivity index (χ1n) is 5.82. The quantitative estimate of drug-likeness (QED) is 0.875. The van der Waals surface area contributed by atoms with Gasteiger partial charge in [0.1, 0.15) is 0 Å². The van der Waals surface area contributed by atoms with Crippen LogP contribution in [-0.2, 0) is 11.2 Å². The third-order valence-electron chi connectivity index (χ3n) is 2.94. The van der Waals surface area contributed by atoms with Gasteiger partial charge in [-0.3, -0.25) is 0 Å². The van der Waals surface area contributed by atoms with Crippen LogP contribution < -0.4 is 0 Å². The maximum atomic E-state index is 10.0. The first-order chi connectivity index (χ1) is 7.84. The Labute approximate surface area is 109 Å². The van der Waals surface area contributed by atoms with E-state index in [1.165, 1.54) is 0 Å². The van der Waals surface area contributed by atoms with Crippen molar-refractivity contribution in [3.05, 3.63) is 34.3 Å². The van der Waals surface area contributed by atoms with Crippen LogP contribution >= 0.6 is 11.6 Å². The molecule has 3 heteroatoms. The Bertz CT molecular complexity index is 374. The maximum Gasteiger partial charge on any atom is 0.0647 e. The Morgan fingerprint density at radius 3 is 2.59 bits per heavy atom. The van der Waals surface area contributed by atoms with Gasteiger partial charge >= 0.3 is 0 Å². The molecule has 0 bridgehead atoms. The van der Waals surface area contributed by atoms with Crippen molar-refractivity contribution in [3.8, 4) is 0 Å². The standard InChI is InChI=1S/C14H21ClO2/c1-10-5-6-11(13(15)7-10)8-12(16)9-14(2,3)17-4/h5-7,12,16H,8-9H2,1-4H3. The van der Waals surface area contributed by atoms with Gasteiger partial charge in [-0.25, -0.2) is 0 Å². The number of hydrogen-bond donors (Lipinski definition) is 1. The molecule has 0 amide bonds. The van der Waals surface area contributed by atoms with E-state index in [0.717, 1.165) is 16.1 Å². The summed E-state index contributed by atoms with van der Waals surface area (Å²) in [5.74, 6) is 0. The van der Waals surface area contributed by atoms with Crippen LogP contribution in [0.3, 0.4) is 0 Å². The molecule has 1 atom stereocenters. The fourth-order valence-electron chi connectivity index (χ4n) is 1.79. The monoisotopic (exact) mass is 256 g/mol. The number of hydrogen-bond acceptors (Lipinski definition) is 2. The number of aliphatic hydroxyl groups is 1. The largest absolute Gasteiger partial charge is 0.393 e. The molecule has 0 saturated carbocycles. The maximum absolute atomic E-state index is 10.0. The zero-order valence-electron chi connectivity index (χ0n) is 11.0. The van der Waals surface area contributed by atoms with Crippen molar-refractivity contribution in [2.75, 3.05) is 7.11 Å². The number of aliphatic hydroxyl groups excluding tert-OH is 1. The molecular weight excluding hydrogens is 236 g/mol. The fourth-order valence-corrected chi connectivity index (χ4v) is 2.11. The Balaban J connectivity index is 2.65. The normalized spacial score (nSPS) is 13.8. The van der Waals surface area contributed by atoms with Gasteiger partial charge in [0.05, 0.1) is 11.7 Å². The number of ether oxygens (including phenoxy) is 1. The summed E-state index contributed by atoms with van der Waals surface area (Å²) in [5, 5.41) is 10.7. The third kappa shape index (κ3) is 4.66. The van der Waals surface area contributed by atoms with Gasteiger partial charge in [0.15, 0.2) is 0 Å². The van der Waals surface area contributed by atoms with Crippen molar-refractivity contribution in [3.63, 3.8) is 0 Å². The zero-order chi connectivity index (χ0) is 13.1.